The number of aromatic nitrogens is 2. The van der Waals surface area contributed by atoms with Crippen LogP contribution in [-0.2, 0) is 10.8 Å². The highest BCUT2D eigenvalue weighted by molar-refractivity contribution is 6.05. The van der Waals surface area contributed by atoms with E-state index in [1.807, 2.05) is 0 Å². The van der Waals surface area contributed by atoms with Crippen molar-refractivity contribution in [3.05, 3.63) is 264 Å². The van der Waals surface area contributed by atoms with Gasteiger partial charge in [0.05, 0.1) is 16.8 Å². The Morgan fingerprint density at radius 2 is 0.848 bits per heavy atom. The molecule has 2 aliphatic rings. The molecule has 0 fully saturated rings. The minimum absolute atomic E-state index is 0.139. The summed E-state index contributed by atoms with van der Waals surface area (Å²) in [6, 6.07) is 84.4. The van der Waals surface area contributed by atoms with E-state index in [0.717, 1.165) is 33.5 Å². The molecule has 1 aromatic heterocycles. The molecule has 310 valence electrons. The smallest absolute Gasteiger partial charge is 0.161 e. The van der Waals surface area contributed by atoms with E-state index in [0.29, 0.717) is 5.82 Å². The molecule has 2 heteroatoms. The Morgan fingerprint density at radius 3 is 1.59 bits per heavy atom. The van der Waals surface area contributed by atoms with Gasteiger partial charge >= 0.3 is 0 Å². The third kappa shape index (κ3) is 5.61. The van der Waals surface area contributed by atoms with E-state index >= 15 is 0 Å². The highest BCUT2D eigenvalue weighted by Gasteiger charge is 2.47. The van der Waals surface area contributed by atoms with E-state index in [-0.39, 0.29) is 5.41 Å². The average molecular weight is 841 g/mol. The summed E-state index contributed by atoms with van der Waals surface area (Å²) < 4.78 is 0. The fraction of sp³-hybridized carbons (Fsp3) is 0.0625. The molecule has 0 aliphatic heterocycles. The monoisotopic (exact) mass is 840 g/mol. The van der Waals surface area contributed by atoms with Gasteiger partial charge in [-0.25, -0.2) is 9.97 Å². The Kier molecular flexibility index (Phi) is 8.51. The van der Waals surface area contributed by atoms with Crippen molar-refractivity contribution in [2.45, 2.75) is 24.7 Å². The summed E-state index contributed by atoms with van der Waals surface area (Å²) in [5.74, 6) is 0.699. The molecule has 66 heavy (non-hydrogen) atoms. The van der Waals surface area contributed by atoms with Crippen LogP contribution < -0.4 is 0 Å². The second-order valence-corrected chi connectivity index (χ2v) is 18.4. The number of hydrogen-bond donors (Lipinski definition) is 0. The lowest BCUT2D eigenvalue weighted by Crippen LogP contribution is -2.29. The highest BCUT2D eigenvalue weighted by atomic mass is 14.9. The van der Waals surface area contributed by atoms with Gasteiger partial charge in [-0.05, 0) is 119 Å². The predicted molar refractivity (Wildman–Crippen MR) is 274 cm³/mol. The summed E-state index contributed by atoms with van der Waals surface area (Å²) in [7, 11) is 0. The molecule has 0 amide bonds. The van der Waals surface area contributed by atoms with Crippen molar-refractivity contribution in [2.75, 3.05) is 0 Å². The highest BCUT2D eigenvalue weighted by Crippen LogP contribution is 2.59. The van der Waals surface area contributed by atoms with Gasteiger partial charge < -0.3 is 0 Å². The van der Waals surface area contributed by atoms with Crippen molar-refractivity contribution < 1.29 is 0 Å². The largest absolute Gasteiger partial charge is 0.228 e. The zero-order valence-electron chi connectivity index (χ0n) is 36.8. The van der Waals surface area contributed by atoms with Crippen LogP contribution in [0.15, 0.2) is 231 Å². The van der Waals surface area contributed by atoms with Crippen molar-refractivity contribution in [1.29, 1.82) is 0 Å². The quantitative estimate of drug-likeness (QED) is 0.167. The number of hydrogen-bond acceptors (Lipinski definition) is 2. The standard InChI is InChI=1S/C64H44N2/c1-63(2)57-39-44(33-34-51(57)55-37-42-21-12-13-22-43(42)38-58(55)63)47-35-36-53(49-28-15-14-27-48(47)49)62-65-59(41-19-6-3-7-20-41)40-60(66-62)54-31-18-30-52-50-29-16-17-32-56(50)64(61(52)54,45-23-8-4-9-24-45)46-25-10-5-11-26-46/h3-40H,1-2H3. The van der Waals surface area contributed by atoms with Crippen molar-refractivity contribution >= 4 is 21.5 Å². The van der Waals surface area contributed by atoms with Crippen molar-refractivity contribution in [3.8, 4) is 67.3 Å². The van der Waals surface area contributed by atoms with Crippen LogP contribution in [-0.4, -0.2) is 9.97 Å². The molecule has 13 rings (SSSR count). The molecule has 11 aromatic rings. The van der Waals surface area contributed by atoms with Crippen LogP contribution >= 0.6 is 0 Å². The Morgan fingerprint density at radius 1 is 0.318 bits per heavy atom. The Balaban J connectivity index is 1.02. The van der Waals surface area contributed by atoms with Gasteiger partial charge in [0, 0.05) is 22.1 Å². The fourth-order valence-electron chi connectivity index (χ4n) is 11.5. The first kappa shape index (κ1) is 38.3. The molecule has 0 spiro atoms. The van der Waals surface area contributed by atoms with Crippen LogP contribution in [0.2, 0.25) is 0 Å². The first-order valence-electron chi connectivity index (χ1n) is 23.0. The molecule has 0 radical (unpaired) electrons. The molecule has 2 nitrogen and oxygen atoms in total. The van der Waals surface area contributed by atoms with E-state index in [1.165, 1.54) is 82.9 Å². The molecule has 0 bridgehead atoms. The van der Waals surface area contributed by atoms with Gasteiger partial charge in [0.1, 0.15) is 0 Å². The average Bonchev–Trinajstić information content (AvgIpc) is 3.81. The van der Waals surface area contributed by atoms with Crippen LogP contribution in [0.25, 0.3) is 88.8 Å². The Bertz CT molecular complexity index is 3680. The van der Waals surface area contributed by atoms with E-state index in [9.17, 15) is 0 Å². The lowest BCUT2D eigenvalue weighted by atomic mass is 9.66. The summed E-state index contributed by atoms with van der Waals surface area (Å²) in [4.78, 5) is 11.1. The van der Waals surface area contributed by atoms with Crippen molar-refractivity contribution in [1.82, 2.24) is 9.97 Å². The molecular formula is C64H44N2. The number of rotatable bonds is 6. The molecule has 0 saturated carbocycles. The lowest BCUT2D eigenvalue weighted by molar-refractivity contribution is 0.661. The zero-order chi connectivity index (χ0) is 44.0. The predicted octanol–water partition coefficient (Wildman–Crippen LogP) is 16.1. The number of fused-ring (bicyclic) bond motifs is 8. The van der Waals surface area contributed by atoms with Crippen LogP contribution in [0.1, 0.15) is 47.2 Å². The maximum Gasteiger partial charge on any atom is 0.161 e. The van der Waals surface area contributed by atoms with Gasteiger partial charge in [-0.15, -0.1) is 0 Å². The summed E-state index contributed by atoms with van der Waals surface area (Å²) in [5.41, 5.74) is 19.4. The molecule has 2 aliphatic carbocycles. The van der Waals surface area contributed by atoms with E-state index in [4.69, 9.17) is 9.97 Å². The normalized spacial score (nSPS) is 13.8. The van der Waals surface area contributed by atoms with Crippen LogP contribution in [0.5, 0.6) is 0 Å². The number of nitrogens with zero attached hydrogens (tertiary/aromatic N) is 2. The summed E-state index contributed by atoms with van der Waals surface area (Å²) in [5, 5.41) is 4.86. The van der Waals surface area contributed by atoms with Gasteiger partial charge in [0.15, 0.2) is 5.82 Å². The van der Waals surface area contributed by atoms with E-state index in [1.54, 1.807) is 0 Å². The molecule has 0 unspecified atom stereocenters. The first-order valence-corrected chi connectivity index (χ1v) is 23.0. The maximum atomic E-state index is 5.65. The van der Waals surface area contributed by atoms with Crippen LogP contribution in [0, 0.1) is 0 Å². The summed E-state index contributed by atoms with van der Waals surface area (Å²) in [6.45, 7) is 4.74. The topological polar surface area (TPSA) is 25.8 Å². The molecular weight excluding hydrogens is 797 g/mol. The third-order valence-electron chi connectivity index (χ3n) is 14.6. The Labute approximate surface area is 385 Å². The van der Waals surface area contributed by atoms with Gasteiger partial charge in [0.2, 0.25) is 0 Å². The molecule has 0 N–H and O–H groups in total. The summed E-state index contributed by atoms with van der Waals surface area (Å²) >= 11 is 0. The lowest BCUT2D eigenvalue weighted by Gasteiger charge is -2.35. The van der Waals surface area contributed by atoms with Crippen molar-refractivity contribution in [3.63, 3.8) is 0 Å². The second-order valence-electron chi connectivity index (χ2n) is 18.4. The van der Waals surface area contributed by atoms with Gasteiger partial charge in [-0.1, -0.05) is 214 Å². The fourth-order valence-corrected chi connectivity index (χ4v) is 11.5. The molecule has 10 aromatic carbocycles. The first-order chi connectivity index (χ1) is 32.5. The third-order valence-corrected chi connectivity index (χ3v) is 14.6. The SMILES string of the molecule is CC1(C)c2cc(-c3ccc(-c4nc(-c5ccccc5)cc(-c5cccc6c5C(c5ccccc5)(c5ccccc5)c5ccccc5-6)n4)c4ccccc34)ccc2-c2cc3ccccc3cc21. The minimum Gasteiger partial charge on any atom is -0.228 e. The second kappa shape index (κ2) is 14.7. The minimum atomic E-state index is -0.587. The van der Waals surface area contributed by atoms with Gasteiger partial charge in [-0.3, -0.25) is 0 Å². The number of benzene rings is 10. The van der Waals surface area contributed by atoms with Crippen LogP contribution in [0.4, 0.5) is 0 Å². The zero-order valence-corrected chi connectivity index (χ0v) is 36.8. The van der Waals surface area contributed by atoms with Crippen LogP contribution in [0.3, 0.4) is 0 Å². The molecule has 0 saturated heterocycles. The van der Waals surface area contributed by atoms with E-state index < -0.39 is 5.41 Å². The van der Waals surface area contributed by atoms with Crippen molar-refractivity contribution in [2.24, 2.45) is 0 Å². The van der Waals surface area contributed by atoms with E-state index in [2.05, 4.69) is 244 Å². The van der Waals surface area contributed by atoms with Gasteiger partial charge in [0.25, 0.3) is 0 Å². The molecule has 0 atom stereocenters. The maximum absolute atomic E-state index is 5.65. The molecule has 1 heterocycles. The Hall–Kier alpha value is -8.20. The van der Waals surface area contributed by atoms with Gasteiger partial charge in [-0.2, -0.15) is 0 Å². The summed E-state index contributed by atoms with van der Waals surface area (Å²) in [6.07, 6.45) is 0.